The lowest BCUT2D eigenvalue weighted by Crippen LogP contribution is -2.11. The Labute approximate surface area is 177 Å². The van der Waals surface area contributed by atoms with Crippen LogP contribution in [0.2, 0.25) is 0 Å². The number of nitrogens with one attached hydrogen (secondary N) is 1. The molecule has 2 aromatic heterocycles. The van der Waals surface area contributed by atoms with Crippen molar-refractivity contribution in [3.63, 3.8) is 0 Å². The summed E-state index contributed by atoms with van der Waals surface area (Å²) in [6.45, 7) is 8.63. The van der Waals surface area contributed by atoms with E-state index in [0.29, 0.717) is 6.42 Å². The predicted octanol–water partition coefficient (Wildman–Crippen LogP) is 6.05. The minimum Gasteiger partial charge on any atom is -0.346 e. The van der Waals surface area contributed by atoms with Gasteiger partial charge < -0.3 is 4.98 Å². The maximum atomic E-state index is 12.6. The molecule has 4 heteroatoms. The molecule has 0 unspecified atom stereocenters. The Kier molecular flexibility index (Phi) is 5.25. The van der Waals surface area contributed by atoms with Crippen LogP contribution in [0.15, 0.2) is 61.1 Å². The monoisotopic (exact) mass is 397 g/mol. The van der Waals surface area contributed by atoms with E-state index in [4.69, 9.17) is 0 Å². The molecule has 2 aromatic carbocycles. The van der Waals surface area contributed by atoms with E-state index in [0.717, 1.165) is 45.4 Å². The molecule has 0 fully saturated rings. The van der Waals surface area contributed by atoms with Gasteiger partial charge in [0.15, 0.2) is 5.78 Å². The summed E-state index contributed by atoms with van der Waals surface area (Å²) in [6.07, 6.45) is 4.70. The first kappa shape index (κ1) is 20.0. The summed E-state index contributed by atoms with van der Waals surface area (Å²) in [4.78, 5) is 24.5. The lowest BCUT2D eigenvalue weighted by atomic mass is 9.86. The number of aryl methyl sites for hydroxylation is 2. The average Bonchev–Trinajstić information content (AvgIpc) is 3.21. The van der Waals surface area contributed by atoms with E-state index < -0.39 is 0 Å². The van der Waals surface area contributed by atoms with Gasteiger partial charge in [-0.25, -0.2) is 9.97 Å². The number of hydrogen-bond acceptors (Lipinski definition) is 3. The predicted molar refractivity (Wildman–Crippen MR) is 122 cm³/mol. The topological polar surface area (TPSA) is 58.6 Å². The van der Waals surface area contributed by atoms with Crippen LogP contribution in [0.1, 0.15) is 54.2 Å². The fourth-order valence-corrected chi connectivity index (χ4v) is 3.79. The second-order valence-electron chi connectivity index (χ2n) is 8.86. The van der Waals surface area contributed by atoms with Crippen molar-refractivity contribution < 1.29 is 4.79 Å². The number of carbonyl (C=O) groups is 1. The molecule has 4 nitrogen and oxygen atoms in total. The van der Waals surface area contributed by atoms with Gasteiger partial charge in [-0.05, 0) is 41.5 Å². The van der Waals surface area contributed by atoms with Gasteiger partial charge >= 0.3 is 0 Å². The summed E-state index contributed by atoms with van der Waals surface area (Å²) < 4.78 is 0. The highest BCUT2D eigenvalue weighted by Crippen LogP contribution is 2.28. The van der Waals surface area contributed by atoms with Crippen molar-refractivity contribution >= 4 is 16.8 Å². The Morgan fingerprint density at radius 2 is 1.77 bits per heavy atom. The summed E-state index contributed by atoms with van der Waals surface area (Å²) in [5.74, 6) is 0.182. The van der Waals surface area contributed by atoms with Gasteiger partial charge in [-0.3, -0.25) is 4.79 Å². The first-order valence-corrected chi connectivity index (χ1v) is 10.3. The zero-order valence-electron chi connectivity index (χ0n) is 18.0. The Balaban J connectivity index is 1.48. The van der Waals surface area contributed by atoms with Gasteiger partial charge in [0.2, 0.25) is 0 Å². The van der Waals surface area contributed by atoms with Gasteiger partial charge in [0.05, 0.1) is 5.69 Å². The van der Waals surface area contributed by atoms with Crippen molar-refractivity contribution in [2.45, 2.75) is 46.0 Å². The molecule has 4 rings (SSSR count). The third-order valence-electron chi connectivity index (χ3n) is 5.61. The number of benzene rings is 2. The Hall–Kier alpha value is -3.27. The normalized spacial score (nSPS) is 11.7. The van der Waals surface area contributed by atoms with Gasteiger partial charge in [-0.15, -0.1) is 0 Å². The zero-order chi connectivity index (χ0) is 21.3. The van der Waals surface area contributed by atoms with Crippen molar-refractivity contribution in [1.29, 1.82) is 0 Å². The third kappa shape index (κ3) is 4.04. The van der Waals surface area contributed by atoms with Gasteiger partial charge in [0, 0.05) is 29.1 Å². The van der Waals surface area contributed by atoms with Crippen LogP contribution in [0.25, 0.3) is 22.3 Å². The molecule has 1 N–H and O–H groups in total. The molecule has 0 spiro atoms. The summed E-state index contributed by atoms with van der Waals surface area (Å²) in [7, 11) is 0. The maximum Gasteiger partial charge on any atom is 0.163 e. The van der Waals surface area contributed by atoms with E-state index in [1.54, 1.807) is 6.33 Å². The molecule has 2 heterocycles. The van der Waals surface area contributed by atoms with Crippen LogP contribution in [-0.2, 0) is 11.8 Å². The van der Waals surface area contributed by atoms with Gasteiger partial charge in [0.25, 0.3) is 0 Å². The smallest absolute Gasteiger partial charge is 0.163 e. The number of hydrogen-bond donors (Lipinski definition) is 1. The SMILES string of the molecule is Cc1cc(CCC(=O)c2ccc(C(C)(C)C)cc2)ccc1-c1ncnc2[nH]ccc12. The number of ketones is 1. The summed E-state index contributed by atoms with van der Waals surface area (Å²) in [5.41, 5.74) is 7.29. The van der Waals surface area contributed by atoms with Gasteiger partial charge in [-0.2, -0.15) is 0 Å². The van der Waals surface area contributed by atoms with E-state index >= 15 is 0 Å². The quantitative estimate of drug-likeness (QED) is 0.417. The molecule has 0 atom stereocenters. The van der Waals surface area contributed by atoms with Crippen molar-refractivity contribution in [2.75, 3.05) is 0 Å². The fourth-order valence-electron chi connectivity index (χ4n) is 3.79. The van der Waals surface area contributed by atoms with E-state index in [2.05, 4.69) is 73.0 Å². The van der Waals surface area contributed by atoms with Crippen molar-refractivity contribution in [3.05, 3.63) is 83.3 Å². The highest BCUT2D eigenvalue weighted by atomic mass is 16.1. The fraction of sp³-hybridized carbons (Fsp3) is 0.269. The molecule has 0 bridgehead atoms. The highest BCUT2D eigenvalue weighted by molar-refractivity contribution is 5.96. The largest absolute Gasteiger partial charge is 0.346 e. The molecule has 0 aliphatic heterocycles. The molecule has 4 aromatic rings. The molecular formula is C26H27N3O. The van der Waals surface area contributed by atoms with Crippen molar-refractivity contribution in [2.24, 2.45) is 0 Å². The lowest BCUT2D eigenvalue weighted by Gasteiger charge is -2.19. The lowest BCUT2D eigenvalue weighted by molar-refractivity contribution is 0.0983. The van der Waals surface area contributed by atoms with Crippen LogP contribution in [0, 0.1) is 6.92 Å². The molecule has 30 heavy (non-hydrogen) atoms. The van der Waals surface area contributed by atoms with E-state index in [1.165, 1.54) is 5.56 Å². The Bertz CT molecular complexity index is 1200. The zero-order valence-corrected chi connectivity index (χ0v) is 18.0. The maximum absolute atomic E-state index is 12.6. The first-order valence-electron chi connectivity index (χ1n) is 10.3. The first-order chi connectivity index (χ1) is 14.3. The average molecular weight is 398 g/mol. The third-order valence-corrected chi connectivity index (χ3v) is 5.61. The molecule has 0 saturated carbocycles. The van der Waals surface area contributed by atoms with E-state index in [9.17, 15) is 4.79 Å². The highest BCUT2D eigenvalue weighted by Gasteiger charge is 2.15. The number of rotatable bonds is 5. The number of Topliss-reactive ketones (excluding diaryl/α,β-unsaturated/α-hetero) is 1. The Morgan fingerprint density at radius 1 is 1.00 bits per heavy atom. The molecule has 152 valence electrons. The molecule has 0 amide bonds. The molecular weight excluding hydrogens is 370 g/mol. The van der Waals surface area contributed by atoms with Crippen molar-refractivity contribution in [3.8, 4) is 11.3 Å². The number of nitrogens with zero attached hydrogens (tertiary/aromatic N) is 2. The van der Waals surface area contributed by atoms with E-state index in [1.807, 2.05) is 24.4 Å². The number of H-pyrrole nitrogens is 1. The second kappa shape index (κ2) is 7.86. The Morgan fingerprint density at radius 3 is 2.47 bits per heavy atom. The number of aromatic amines is 1. The van der Waals surface area contributed by atoms with Crippen LogP contribution < -0.4 is 0 Å². The number of fused-ring (bicyclic) bond motifs is 1. The van der Waals surface area contributed by atoms with Crippen molar-refractivity contribution in [1.82, 2.24) is 15.0 Å². The number of carbonyl (C=O) groups excluding carboxylic acids is 1. The molecule has 0 aliphatic rings. The minimum absolute atomic E-state index is 0.0937. The van der Waals surface area contributed by atoms with Crippen LogP contribution in [0.3, 0.4) is 0 Å². The van der Waals surface area contributed by atoms with Crippen LogP contribution >= 0.6 is 0 Å². The molecule has 0 saturated heterocycles. The second-order valence-corrected chi connectivity index (χ2v) is 8.86. The minimum atomic E-state index is 0.0937. The summed E-state index contributed by atoms with van der Waals surface area (Å²) in [6, 6.07) is 16.4. The van der Waals surface area contributed by atoms with Crippen LogP contribution in [0.5, 0.6) is 0 Å². The van der Waals surface area contributed by atoms with Crippen LogP contribution in [0.4, 0.5) is 0 Å². The standard InChI is InChI=1S/C26H27N3O/c1-17-15-18(5-11-21(17)24-22-13-14-27-25(22)29-16-28-24)6-12-23(30)19-7-9-20(10-8-19)26(2,3)4/h5,7-11,13-16H,6,12H2,1-4H3,(H,27,28,29). The van der Waals surface area contributed by atoms with Gasteiger partial charge in [0.1, 0.15) is 12.0 Å². The number of aromatic nitrogens is 3. The molecule has 0 radical (unpaired) electrons. The molecule has 0 aliphatic carbocycles. The van der Waals surface area contributed by atoms with Crippen LogP contribution in [-0.4, -0.2) is 20.7 Å². The summed E-state index contributed by atoms with van der Waals surface area (Å²) in [5, 5.41) is 1.02. The van der Waals surface area contributed by atoms with E-state index in [-0.39, 0.29) is 11.2 Å². The van der Waals surface area contributed by atoms with Gasteiger partial charge in [-0.1, -0.05) is 63.2 Å². The summed E-state index contributed by atoms with van der Waals surface area (Å²) >= 11 is 0.